The molecule has 0 spiro atoms. The number of aromatic nitrogens is 1. The maximum absolute atomic E-state index is 11.9. The zero-order valence-corrected chi connectivity index (χ0v) is 12.7. The molecule has 0 saturated heterocycles. The fourth-order valence-corrected chi connectivity index (χ4v) is 2.55. The molecule has 1 aromatic heterocycles. The van der Waals surface area contributed by atoms with Gasteiger partial charge in [-0.1, -0.05) is 11.6 Å². The first kappa shape index (κ1) is 16.1. The van der Waals surface area contributed by atoms with Crippen molar-refractivity contribution >= 4 is 44.8 Å². The van der Waals surface area contributed by atoms with Gasteiger partial charge in [-0.3, -0.25) is 20.1 Å². The number of rotatable bonds is 3. The predicted molar refractivity (Wildman–Crippen MR) is 79.5 cm³/mol. The molecule has 0 atom stereocenters. The lowest BCUT2D eigenvalue weighted by Crippen LogP contribution is -2.36. The molecule has 0 aliphatic heterocycles. The van der Waals surface area contributed by atoms with Gasteiger partial charge >= 0.3 is 10.4 Å². The van der Waals surface area contributed by atoms with E-state index in [0.29, 0.717) is 5.39 Å². The van der Waals surface area contributed by atoms with Crippen LogP contribution < -0.4 is 15.2 Å². The number of amides is 1. The van der Waals surface area contributed by atoms with Crippen LogP contribution in [0.5, 0.6) is 5.75 Å². The van der Waals surface area contributed by atoms with E-state index in [1.165, 1.54) is 29.8 Å². The van der Waals surface area contributed by atoms with E-state index in [1.54, 1.807) is 0 Å². The third-order valence-electron chi connectivity index (χ3n) is 2.78. The minimum atomic E-state index is -4.74. The van der Waals surface area contributed by atoms with Crippen LogP contribution in [0.2, 0.25) is 5.02 Å². The summed E-state index contributed by atoms with van der Waals surface area (Å²) < 4.78 is 36.4. The number of hydrogen-bond acceptors (Lipinski definition) is 5. The highest BCUT2D eigenvalue weighted by Crippen LogP contribution is 2.34. The molecule has 0 radical (unpaired) electrons. The van der Waals surface area contributed by atoms with Crippen molar-refractivity contribution in [2.24, 2.45) is 12.8 Å². The number of nitrogens with two attached hydrogens (primary N) is 1. The maximum Gasteiger partial charge on any atom is 0.446 e. The molecule has 22 heavy (non-hydrogen) atoms. The van der Waals surface area contributed by atoms with Crippen LogP contribution in [0, 0.1) is 5.41 Å². The summed E-state index contributed by atoms with van der Waals surface area (Å²) in [7, 11) is -3.28. The molecule has 0 aliphatic carbocycles. The minimum Gasteiger partial charge on any atom is -0.370 e. The van der Waals surface area contributed by atoms with Crippen molar-refractivity contribution in [2.75, 3.05) is 0 Å². The van der Waals surface area contributed by atoms with E-state index in [1.807, 2.05) is 0 Å². The van der Waals surface area contributed by atoms with Crippen LogP contribution in [-0.2, 0) is 17.4 Å². The Morgan fingerprint density at radius 3 is 2.68 bits per heavy atom. The van der Waals surface area contributed by atoms with Crippen LogP contribution in [0.3, 0.4) is 0 Å². The zero-order valence-electron chi connectivity index (χ0n) is 11.1. The molecule has 118 valence electrons. The Bertz CT molecular complexity index is 890. The highest BCUT2D eigenvalue weighted by Gasteiger charge is 2.20. The molecule has 9 nitrogen and oxygen atoms in total. The summed E-state index contributed by atoms with van der Waals surface area (Å²) in [6.45, 7) is 0. The number of hydrogen-bond donors (Lipinski definition) is 4. The third-order valence-corrected chi connectivity index (χ3v) is 3.50. The molecule has 1 amide bonds. The van der Waals surface area contributed by atoms with Crippen molar-refractivity contribution in [1.29, 1.82) is 5.41 Å². The van der Waals surface area contributed by atoms with Crippen LogP contribution >= 0.6 is 11.6 Å². The van der Waals surface area contributed by atoms with E-state index in [-0.39, 0.29) is 22.0 Å². The first-order valence-electron chi connectivity index (χ1n) is 5.70. The van der Waals surface area contributed by atoms with E-state index in [9.17, 15) is 13.2 Å². The molecule has 5 N–H and O–H groups in total. The SMILES string of the molecule is Cn1c(C(=O)NC(=N)N)cc2c(Cl)ccc(OS(=O)(=O)O)c21. The Morgan fingerprint density at radius 2 is 2.14 bits per heavy atom. The topological polar surface area (TPSA) is 148 Å². The van der Waals surface area contributed by atoms with E-state index in [0.717, 1.165) is 0 Å². The monoisotopic (exact) mass is 346 g/mol. The normalized spacial score (nSPS) is 11.4. The number of carbonyl (C=O) groups excluding carboxylic acids is 1. The molecule has 0 fully saturated rings. The second kappa shape index (κ2) is 5.48. The minimum absolute atomic E-state index is 0.0680. The fourth-order valence-electron chi connectivity index (χ4n) is 1.99. The van der Waals surface area contributed by atoms with Crippen molar-refractivity contribution in [1.82, 2.24) is 9.88 Å². The van der Waals surface area contributed by atoms with Crippen molar-refractivity contribution in [3.05, 3.63) is 28.9 Å². The van der Waals surface area contributed by atoms with Gasteiger partial charge in [-0.2, -0.15) is 8.42 Å². The van der Waals surface area contributed by atoms with Gasteiger partial charge in [0.05, 0.1) is 10.5 Å². The molecular formula is C11H11ClN4O5S. The van der Waals surface area contributed by atoms with Gasteiger partial charge in [0, 0.05) is 12.4 Å². The summed E-state index contributed by atoms with van der Waals surface area (Å²) >= 11 is 6.02. The predicted octanol–water partition coefficient (Wildman–Crippen LogP) is 0.637. The van der Waals surface area contributed by atoms with E-state index in [4.69, 9.17) is 27.3 Å². The van der Waals surface area contributed by atoms with Crippen molar-refractivity contribution in [2.45, 2.75) is 0 Å². The standard InChI is InChI=1S/C11H11ClN4O5S/c1-16-7(10(17)15-11(13)14)4-5-6(12)2-3-8(9(5)16)21-22(18,19)20/h2-4H,1H3,(H,18,19,20)(H4,13,14,15,17). The summed E-state index contributed by atoms with van der Waals surface area (Å²) in [5.74, 6) is -1.43. The average Bonchev–Trinajstić information content (AvgIpc) is 2.70. The Kier molecular flexibility index (Phi) is 4.00. The summed E-state index contributed by atoms with van der Waals surface area (Å²) in [5, 5.41) is 9.73. The number of guanidine groups is 1. The van der Waals surface area contributed by atoms with E-state index >= 15 is 0 Å². The van der Waals surface area contributed by atoms with Gasteiger partial charge in [-0.25, -0.2) is 0 Å². The molecule has 0 bridgehead atoms. The van der Waals surface area contributed by atoms with E-state index in [2.05, 4.69) is 9.50 Å². The van der Waals surface area contributed by atoms with Gasteiger partial charge < -0.3 is 14.5 Å². The smallest absolute Gasteiger partial charge is 0.370 e. The largest absolute Gasteiger partial charge is 0.446 e. The second-order valence-corrected chi connectivity index (χ2v) is 5.70. The van der Waals surface area contributed by atoms with Crippen LogP contribution in [-0.4, -0.2) is 29.4 Å². The Balaban J connectivity index is 2.67. The number of benzene rings is 1. The number of nitrogens with one attached hydrogen (secondary N) is 2. The van der Waals surface area contributed by atoms with Crippen LogP contribution in [0.25, 0.3) is 10.9 Å². The first-order chi connectivity index (χ1) is 10.1. The molecule has 2 aromatic rings. The first-order valence-corrected chi connectivity index (χ1v) is 7.44. The Labute approximate surface area is 130 Å². The fraction of sp³-hybridized carbons (Fsp3) is 0.0909. The summed E-state index contributed by atoms with van der Waals surface area (Å²) in [5.41, 5.74) is 5.34. The molecule has 0 unspecified atom stereocenters. The lowest BCUT2D eigenvalue weighted by Gasteiger charge is -2.08. The number of aryl methyl sites for hydroxylation is 1. The lowest BCUT2D eigenvalue weighted by atomic mass is 10.2. The molecule has 0 aliphatic rings. The quantitative estimate of drug-likeness (QED) is 0.364. The van der Waals surface area contributed by atoms with Crippen molar-refractivity contribution < 1.29 is 21.9 Å². The van der Waals surface area contributed by atoms with Crippen LogP contribution in [0.4, 0.5) is 0 Å². The molecular weight excluding hydrogens is 336 g/mol. The highest BCUT2D eigenvalue weighted by molar-refractivity contribution is 7.81. The number of halogens is 1. The van der Waals surface area contributed by atoms with Gasteiger partial charge in [0.1, 0.15) is 5.69 Å². The summed E-state index contributed by atoms with van der Waals surface area (Å²) in [6, 6.07) is 3.98. The summed E-state index contributed by atoms with van der Waals surface area (Å²) in [4.78, 5) is 11.9. The van der Waals surface area contributed by atoms with Crippen molar-refractivity contribution in [3.63, 3.8) is 0 Å². The van der Waals surface area contributed by atoms with Crippen LogP contribution in [0.1, 0.15) is 10.5 Å². The lowest BCUT2D eigenvalue weighted by molar-refractivity contribution is 0.0969. The Morgan fingerprint density at radius 1 is 1.50 bits per heavy atom. The van der Waals surface area contributed by atoms with Crippen molar-refractivity contribution in [3.8, 4) is 5.75 Å². The zero-order chi connectivity index (χ0) is 16.7. The summed E-state index contributed by atoms with van der Waals surface area (Å²) in [6.07, 6.45) is 0. The van der Waals surface area contributed by atoms with E-state index < -0.39 is 22.3 Å². The molecule has 1 heterocycles. The molecule has 1 aromatic carbocycles. The van der Waals surface area contributed by atoms with Gasteiger partial charge in [0.15, 0.2) is 11.7 Å². The number of fused-ring (bicyclic) bond motifs is 1. The Hall–Kier alpha value is -2.30. The number of carbonyl (C=O) groups is 1. The molecule has 0 saturated carbocycles. The average molecular weight is 347 g/mol. The maximum atomic E-state index is 11.9. The second-order valence-electron chi connectivity index (χ2n) is 4.28. The highest BCUT2D eigenvalue weighted by atomic mass is 35.5. The number of nitrogens with zero attached hydrogens (tertiary/aromatic N) is 1. The third kappa shape index (κ3) is 3.13. The molecule has 2 rings (SSSR count). The van der Waals surface area contributed by atoms with Gasteiger partial charge in [0.2, 0.25) is 0 Å². The van der Waals surface area contributed by atoms with Gasteiger partial charge in [0.25, 0.3) is 5.91 Å². The van der Waals surface area contributed by atoms with Gasteiger partial charge in [-0.15, -0.1) is 0 Å². The van der Waals surface area contributed by atoms with Gasteiger partial charge in [-0.05, 0) is 18.2 Å². The van der Waals surface area contributed by atoms with Crippen LogP contribution in [0.15, 0.2) is 18.2 Å². The molecule has 11 heteroatoms.